The Morgan fingerprint density at radius 3 is 2.35 bits per heavy atom. The lowest BCUT2D eigenvalue weighted by atomic mass is 9.96. The van der Waals surface area contributed by atoms with E-state index in [2.05, 4.69) is 13.8 Å². The third-order valence-electron chi connectivity index (χ3n) is 3.44. The molecule has 1 rings (SSSR count). The van der Waals surface area contributed by atoms with Gasteiger partial charge in [0.05, 0.1) is 18.0 Å². The third kappa shape index (κ3) is 4.23. The molecule has 0 atom stereocenters. The van der Waals surface area contributed by atoms with Crippen LogP contribution in [0.2, 0.25) is 0 Å². The molecule has 0 saturated carbocycles. The number of amides is 1. The number of hydrogen-bond acceptors (Lipinski definition) is 3. The number of nitrogen functional groups attached to an aromatic ring is 1. The van der Waals surface area contributed by atoms with Crippen LogP contribution in [0.25, 0.3) is 0 Å². The molecule has 1 aromatic carbocycles. The molecule has 0 aliphatic rings. The second-order valence-electron chi connectivity index (χ2n) is 5.05. The molecule has 4 nitrogen and oxygen atoms in total. The lowest BCUT2D eigenvalue weighted by Crippen LogP contribution is -2.38. The molecular weight excluding hydrogens is 252 g/mol. The average molecular weight is 278 g/mol. The molecule has 1 amide bonds. The van der Waals surface area contributed by atoms with Gasteiger partial charge >= 0.3 is 0 Å². The number of rotatable bonds is 8. The van der Waals surface area contributed by atoms with Crippen LogP contribution in [0.15, 0.2) is 24.3 Å². The van der Waals surface area contributed by atoms with Gasteiger partial charge in [-0.15, -0.1) is 0 Å². The van der Waals surface area contributed by atoms with Gasteiger partial charge in [0, 0.05) is 12.5 Å². The standard InChI is InChI=1S/C16H26N2O2/c1-3-7-13(8-4-2)16(20)18(11-12-19)15-10-6-5-9-14(15)17/h5-6,9-10,13,19H,3-4,7-8,11-12,17H2,1-2H3. The van der Waals surface area contributed by atoms with Gasteiger partial charge in [0.25, 0.3) is 0 Å². The van der Waals surface area contributed by atoms with Crippen molar-refractivity contribution in [2.45, 2.75) is 39.5 Å². The van der Waals surface area contributed by atoms with Crippen molar-refractivity contribution in [1.82, 2.24) is 0 Å². The Balaban J connectivity index is 3.00. The minimum absolute atomic E-state index is 0.0103. The first-order chi connectivity index (χ1) is 9.65. The number of aliphatic hydroxyl groups is 1. The zero-order valence-corrected chi connectivity index (χ0v) is 12.5. The van der Waals surface area contributed by atoms with Gasteiger partial charge < -0.3 is 15.7 Å². The topological polar surface area (TPSA) is 66.6 Å². The Morgan fingerprint density at radius 2 is 1.85 bits per heavy atom. The first kappa shape index (κ1) is 16.5. The Hall–Kier alpha value is -1.55. The number of aliphatic hydroxyl groups excluding tert-OH is 1. The number of anilines is 2. The summed E-state index contributed by atoms with van der Waals surface area (Å²) in [5, 5.41) is 9.24. The first-order valence-corrected chi connectivity index (χ1v) is 7.42. The van der Waals surface area contributed by atoms with Crippen molar-refractivity contribution in [1.29, 1.82) is 0 Å². The molecule has 0 fully saturated rings. The van der Waals surface area contributed by atoms with Crippen LogP contribution < -0.4 is 10.6 Å². The Bertz CT molecular complexity index is 415. The third-order valence-corrected chi connectivity index (χ3v) is 3.44. The molecule has 0 aromatic heterocycles. The van der Waals surface area contributed by atoms with Crippen LogP contribution in [-0.2, 0) is 4.79 Å². The predicted molar refractivity (Wildman–Crippen MR) is 83.6 cm³/mol. The normalized spacial score (nSPS) is 10.8. The smallest absolute Gasteiger partial charge is 0.230 e. The zero-order valence-electron chi connectivity index (χ0n) is 12.5. The Kier molecular flexibility index (Phi) is 7.09. The van der Waals surface area contributed by atoms with Crippen LogP contribution in [0.4, 0.5) is 11.4 Å². The van der Waals surface area contributed by atoms with E-state index in [1.54, 1.807) is 11.0 Å². The number of carbonyl (C=O) groups excluding carboxylic acids is 1. The highest BCUT2D eigenvalue weighted by atomic mass is 16.3. The summed E-state index contributed by atoms with van der Waals surface area (Å²) in [6, 6.07) is 7.31. The van der Waals surface area contributed by atoms with Crippen LogP contribution in [0.1, 0.15) is 39.5 Å². The summed E-state index contributed by atoms with van der Waals surface area (Å²) >= 11 is 0. The molecular formula is C16H26N2O2. The fraction of sp³-hybridized carbons (Fsp3) is 0.562. The monoisotopic (exact) mass is 278 g/mol. The molecule has 0 aliphatic heterocycles. The number of hydrogen-bond donors (Lipinski definition) is 2. The lowest BCUT2D eigenvalue weighted by Gasteiger charge is -2.27. The quantitative estimate of drug-likeness (QED) is 0.719. The number of benzene rings is 1. The molecule has 112 valence electrons. The fourth-order valence-corrected chi connectivity index (χ4v) is 2.49. The van der Waals surface area contributed by atoms with Gasteiger partial charge in [0.1, 0.15) is 0 Å². The van der Waals surface area contributed by atoms with Crippen LogP contribution in [0, 0.1) is 5.92 Å². The van der Waals surface area contributed by atoms with Gasteiger partial charge in [-0.1, -0.05) is 38.8 Å². The highest BCUT2D eigenvalue weighted by Gasteiger charge is 2.24. The van der Waals surface area contributed by atoms with E-state index < -0.39 is 0 Å². The van der Waals surface area contributed by atoms with Gasteiger partial charge in [0.15, 0.2) is 0 Å². The van der Waals surface area contributed by atoms with Crippen molar-refractivity contribution in [2.24, 2.45) is 5.92 Å². The first-order valence-electron chi connectivity index (χ1n) is 7.42. The largest absolute Gasteiger partial charge is 0.397 e. The number of carbonyl (C=O) groups is 1. The summed E-state index contributed by atoms with van der Waals surface area (Å²) in [4.78, 5) is 14.4. The fourth-order valence-electron chi connectivity index (χ4n) is 2.49. The van der Waals surface area contributed by atoms with E-state index in [0.717, 1.165) is 25.7 Å². The molecule has 0 spiro atoms. The summed E-state index contributed by atoms with van der Waals surface area (Å²) in [5.41, 5.74) is 7.23. The summed E-state index contributed by atoms with van der Waals surface area (Å²) in [7, 11) is 0. The van der Waals surface area contributed by atoms with E-state index in [-0.39, 0.29) is 25.0 Å². The average Bonchev–Trinajstić information content (AvgIpc) is 2.45. The second kappa shape index (κ2) is 8.59. The van der Waals surface area contributed by atoms with Crippen molar-refractivity contribution in [3.05, 3.63) is 24.3 Å². The van der Waals surface area contributed by atoms with Gasteiger partial charge in [-0.2, -0.15) is 0 Å². The number of para-hydroxylation sites is 2. The van der Waals surface area contributed by atoms with E-state index in [0.29, 0.717) is 11.4 Å². The summed E-state index contributed by atoms with van der Waals surface area (Å²) in [6.07, 6.45) is 3.71. The molecule has 0 aliphatic carbocycles. The van der Waals surface area contributed by atoms with Gasteiger partial charge in [0.2, 0.25) is 5.91 Å². The van der Waals surface area contributed by atoms with Crippen molar-refractivity contribution in [3.8, 4) is 0 Å². The van der Waals surface area contributed by atoms with Gasteiger partial charge in [-0.25, -0.2) is 0 Å². The van der Waals surface area contributed by atoms with Crippen LogP contribution >= 0.6 is 0 Å². The maximum atomic E-state index is 12.7. The van der Waals surface area contributed by atoms with Crippen molar-refractivity contribution < 1.29 is 9.90 Å². The Morgan fingerprint density at radius 1 is 1.25 bits per heavy atom. The molecule has 0 heterocycles. The zero-order chi connectivity index (χ0) is 15.0. The molecule has 0 radical (unpaired) electrons. The minimum atomic E-state index is -0.0644. The maximum absolute atomic E-state index is 12.7. The van der Waals surface area contributed by atoms with E-state index >= 15 is 0 Å². The van der Waals surface area contributed by atoms with Crippen LogP contribution in [0.3, 0.4) is 0 Å². The van der Waals surface area contributed by atoms with Gasteiger partial charge in [-0.05, 0) is 25.0 Å². The summed E-state index contributed by atoms with van der Waals surface area (Å²) in [6.45, 7) is 4.40. The van der Waals surface area contributed by atoms with Crippen molar-refractivity contribution in [2.75, 3.05) is 23.8 Å². The van der Waals surface area contributed by atoms with E-state index in [9.17, 15) is 9.90 Å². The molecule has 1 aromatic rings. The molecule has 0 bridgehead atoms. The molecule has 0 saturated heterocycles. The maximum Gasteiger partial charge on any atom is 0.230 e. The van der Waals surface area contributed by atoms with Crippen LogP contribution in [0.5, 0.6) is 0 Å². The highest BCUT2D eigenvalue weighted by molar-refractivity contribution is 5.97. The summed E-state index contributed by atoms with van der Waals surface area (Å²) in [5.74, 6) is 0.0804. The van der Waals surface area contributed by atoms with Gasteiger partial charge in [-0.3, -0.25) is 4.79 Å². The van der Waals surface area contributed by atoms with E-state index in [4.69, 9.17) is 5.73 Å². The molecule has 20 heavy (non-hydrogen) atoms. The predicted octanol–water partition coefficient (Wildman–Crippen LogP) is 2.81. The van der Waals surface area contributed by atoms with Crippen LogP contribution in [-0.4, -0.2) is 24.2 Å². The lowest BCUT2D eigenvalue weighted by molar-refractivity contribution is -0.123. The minimum Gasteiger partial charge on any atom is -0.397 e. The molecule has 4 heteroatoms. The van der Waals surface area contributed by atoms with E-state index in [1.807, 2.05) is 18.2 Å². The molecule has 3 N–H and O–H groups in total. The SMILES string of the molecule is CCCC(CCC)C(=O)N(CCO)c1ccccc1N. The molecule has 0 unspecified atom stereocenters. The summed E-state index contributed by atoms with van der Waals surface area (Å²) < 4.78 is 0. The highest BCUT2D eigenvalue weighted by Crippen LogP contribution is 2.26. The van der Waals surface area contributed by atoms with Crippen molar-refractivity contribution >= 4 is 17.3 Å². The Labute approximate surface area is 121 Å². The second-order valence-corrected chi connectivity index (χ2v) is 5.05. The van der Waals surface area contributed by atoms with E-state index in [1.165, 1.54) is 0 Å². The number of nitrogens with zero attached hydrogens (tertiary/aromatic N) is 1. The van der Waals surface area contributed by atoms with Crippen molar-refractivity contribution in [3.63, 3.8) is 0 Å². The number of nitrogens with two attached hydrogens (primary N) is 1.